The van der Waals surface area contributed by atoms with Crippen molar-refractivity contribution in [1.29, 1.82) is 0 Å². The van der Waals surface area contributed by atoms with Gasteiger partial charge in [-0.15, -0.1) is 0 Å². The van der Waals surface area contributed by atoms with Gasteiger partial charge in [-0.1, -0.05) is 40.5 Å². The van der Waals surface area contributed by atoms with Crippen LogP contribution in [0, 0.1) is 0 Å². The van der Waals surface area contributed by atoms with Gasteiger partial charge in [-0.2, -0.15) is 4.98 Å². The van der Waals surface area contributed by atoms with E-state index in [4.69, 9.17) is 32.5 Å². The lowest BCUT2D eigenvalue weighted by Gasteiger charge is -2.08. The number of benzene rings is 2. The number of alkyl halides is 2. The normalized spacial score (nSPS) is 10.7. The third-order valence-corrected chi connectivity index (χ3v) is 3.78. The molecule has 0 saturated heterocycles. The zero-order chi connectivity index (χ0) is 17.8. The second kappa shape index (κ2) is 7.55. The SMILES string of the molecule is COc1ccc(-c2noc(-c3ccccc3NC(=O)C(Cl)Cl)n2)cc1. The number of ether oxygens (including phenoxy) is 1. The fourth-order valence-electron chi connectivity index (χ4n) is 2.16. The molecule has 1 aromatic heterocycles. The monoisotopic (exact) mass is 377 g/mol. The summed E-state index contributed by atoms with van der Waals surface area (Å²) in [5.74, 6) is 0.886. The van der Waals surface area contributed by atoms with Gasteiger partial charge in [0.2, 0.25) is 5.82 Å². The van der Waals surface area contributed by atoms with Crippen LogP contribution in [0.15, 0.2) is 53.1 Å². The summed E-state index contributed by atoms with van der Waals surface area (Å²) in [5.41, 5.74) is 1.82. The number of halogens is 2. The van der Waals surface area contributed by atoms with Crippen molar-refractivity contribution in [3.05, 3.63) is 48.5 Å². The molecule has 0 unspecified atom stereocenters. The molecular formula is C17H13Cl2N3O3. The number of nitrogens with one attached hydrogen (secondary N) is 1. The first kappa shape index (κ1) is 17.3. The van der Waals surface area contributed by atoms with E-state index in [1.54, 1.807) is 43.5 Å². The van der Waals surface area contributed by atoms with Crippen molar-refractivity contribution in [1.82, 2.24) is 10.1 Å². The maximum Gasteiger partial charge on any atom is 0.260 e. The first-order valence-corrected chi connectivity index (χ1v) is 8.12. The van der Waals surface area contributed by atoms with Crippen LogP contribution in [0.3, 0.4) is 0 Å². The van der Waals surface area contributed by atoms with Gasteiger partial charge in [0.25, 0.3) is 11.8 Å². The molecule has 0 aliphatic heterocycles. The highest BCUT2D eigenvalue weighted by Gasteiger charge is 2.17. The van der Waals surface area contributed by atoms with Gasteiger partial charge in [0.05, 0.1) is 18.4 Å². The van der Waals surface area contributed by atoms with E-state index in [9.17, 15) is 4.79 Å². The summed E-state index contributed by atoms with van der Waals surface area (Å²) < 4.78 is 10.5. The van der Waals surface area contributed by atoms with Crippen LogP contribution in [0.5, 0.6) is 5.75 Å². The van der Waals surface area contributed by atoms with Crippen LogP contribution in [0.1, 0.15) is 0 Å². The van der Waals surface area contributed by atoms with E-state index in [1.807, 2.05) is 12.1 Å². The molecule has 0 atom stereocenters. The van der Waals surface area contributed by atoms with E-state index in [-0.39, 0.29) is 5.89 Å². The van der Waals surface area contributed by atoms with Crippen molar-refractivity contribution in [2.45, 2.75) is 4.84 Å². The zero-order valence-electron chi connectivity index (χ0n) is 13.1. The quantitative estimate of drug-likeness (QED) is 0.675. The summed E-state index contributed by atoms with van der Waals surface area (Å²) in [5, 5.41) is 6.61. The third-order valence-electron chi connectivity index (χ3n) is 3.39. The molecule has 0 aliphatic rings. The number of para-hydroxylation sites is 1. The number of carbonyl (C=O) groups excluding carboxylic acids is 1. The molecule has 0 radical (unpaired) electrons. The first-order chi connectivity index (χ1) is 12.1. The Morgan fingerprint density at radius 2 is 1.88 bits per heavy atom. The minimum absolute atomic E-state index is 0.266. The molecule has 0 bridgehead atoms. The van der Waals surface area contributed by atoms with Crippen LogP contribution in [-0.4, -0.2) is 28.0 Å². The van der Waals surface area contributed by atoms with Crippen LogP contribution in [0.25, 0.3) is 22.8 Å². The molecule has 0 spiro atoms. The summed E-state index contributed by atoms with van der Waals surface area (Å²) >= 11 is 11.2. The summed E-state index contributed by atoms with van der Waals surface area (Å²) in [6, 6.07) is 14.3. The number of rotatable bonds is 5. The average Bonchev–Trinajstić information content (AvgIpc) is 3.12. The van der Waals surface area contributed by atoms with Gasteiger partial charge in [0, 0.05) is 5.56 Å². The standard InChI is InChI=1S/C17H13Cl2N3O3/c1-24-11-8-6-10(7-9-11)15-21-17(25-22-15)12-4-2-3-5-13(12)20-16(23)14(18)19/h2-9,14H,1H3,(H,20,23). The molecule has 3 rings (SSSR count). The molecule has 2 aromatic carbocycles. The van der Waals surface area contributed by atoms with Crippen molar-refractivity contribution in [3.63, 3.8) is 0 Å². The van der Waals surface area contributed by atoms with Gasteiger partial charge in [-0.25, -0.2) is 0 Å². The molecule has 25 heavy (non-hydrogen) atoms. The van der Waals surface area contributed by atoms with Crippen LogP contribution < -0.4 is 10.1 Å². The number of hydrogen-bond donors (Lipinski definition) is 1. The van der Waals surface area contributed by atoms with Gasteiger partial charge >= 0.3 is 0 Å². The number of aromatic nitrogens is 2. The van der Waals surface area contributed by atoms with Crippen molar-refractivity contribution in [3.8, 4) is 28.6 Å². The van der Waals surface area contributed by atoms with Crippen LogP contribution in [0.4, 0.5) is 5.69 Å². The minimum atomic E-state index is -1.18. The predicted molar refractivity (Wildman–Crippen MR) is 95.8 cm³/mol. The highest BCUT2D eigenvalue weighted by atomic mass is 35.5. The number of hydrogen-bond acceptors (Lipinski definition) is 5. The lowest BCUT2D eigenvalue weighted by Crippen LogP contribution is -2.18. The maximum atomic E-state index is 11.7. The Bertz CT molecular complexity index is 879. The summed E-state index contributed by atoms with van der Waals surface area (Å²) in [6.07, 6.45) is 0. The molecule has 1 amide bonds. The molecule has 0 saturated carbocycles. The maximum absolute atomic E-state index is 11.7. The Labute approximate surface area is 153 Å². The molecule has 6 nitrogen and oxygen atoms in total. The third kappa shape index (κ3) is 3.92. The minimum Gasteiger partial charge on any atom is -0.497 e. The molecule has 0 fully saturated rings. The Hall–Kier alpha value is -2.57. The molecule has 3 aromatic rings. The van der Waals surface area contributed by atoms with Crippen molar-refractivity contribution >= 4 is 34.8 Å². The molecule has 0 aliphatic carbocycles. The van der Waals surface area contributed by atoms with Gasteiger partial charge < -0.3 is 14.6 Å². The first-order valence-electron chi connectivity index (χ1n) is 7.25. The molecule has 128 valence electrons. The van der Waals surface area contributed by atoms with Crippen LogP contribution in [0.2, 0.25) is 0 Å². The number of carbonyl (C=O) groups is 1. The number of anilines is 1. The van der Waals surface area contributed by atoms with Crippen molar-refractivity contribution < 1.29 is 14.1 Å². The fraction of sp³-hybridized carbons (Fsp3) is 0.118. The van der Waals surface area contributed by atoms with E-state index in [2.05, 4.69) is 15.5 Å². The highest BCUT2D eigenvalue weighted by Crippen LogP contribution is 2.29. The number of nitrogens with zero attached hydrogens (tertiary/aromatic N) is 2. The van der Waals surface area contributed by atoms with Crippen LogP contribution in [-0.2, 0) is 4.79 Å². The van der Waals surface area contributed by atoms with E-state index >= 15 is 0 Å². The van der Waals surface area contributed by atoms with Crippen LogP contribution >= 0.6 is 23.2 Å². The topological polar surface area (TPSA) is 77.3 Å². The van der Waals surface area contributed by atoms with E-state index in [1.165, 1.54) is 0 Å². The summed E-state index contributed by atoms with van der Waals surface area (Å²) in [6.45, 7) is 0. The number of methoxy groups -OCH3 is 1. The fourth-order valence-corrected chi connectivity index (χ4v) is 2.27. The Kier molecular flexibility index (Phi) is 5.21. The lowest BCUT2D eigenvalue weighted by atomic mass is 10.1. The van der Waals surface area contributed by atoms with E-state index in [0.717, 1.165) is 11.3 Å². The molecular weight excluding hydrogens is 365 g/mol. The smallest absolute Gasteiger partial charge is 0.260 e. The molecule has 1 heterocycles. The Morgan fingerprint density at radius 3 is 2.56 bits per heavy atom. The molecule has 1 N–H and O–H groups in total. The van der Waals surface area contributed by atoms with Gasteiger partial charge in [0.15, 0.2) is 4.84 Å². The molecule has 8 heteroatoms. The van der Waals surface area contributed by atoms with Crippen molar-refractivity contribution in [2.75, 3.05) is 12.4 Å². The zero-order valence-corrected chi connectivity index (χ0v) is 14.6. The number of amides is 1. The van der Waals surface area contributed by atoms with Gasteiger partial charge in [-0.05, 0) is 36.4 Å². The van der Waals surface area contributed by atoms with Gasteiger partial charge in [0.1, 0.15) is 5.75 Å². The van der Waals surface area contributed by atoms with E-state index < -0.39 is 10.7 Å². The van der Waals surface area contributed by atoms with Crippen molar-refractivity contribution in [2.24, 2.45) is 0 Å². The second-order valence-corrected chi connectivity index (χ2v) is 6.08. The highest BCUT2D eigenvalue weighted by molar-refractivity contribution is 6.54. The largest absolute Gasteiger partial charge is 0.497 e. The lowest BCUT2D eigenvalue weighted by molar-refractivity contribution is -0.114. The van der Waals surface area contributed by atoms with Gasteiger partial charge in [-0.3, -0.25) is 4.79 Å². The predicted octanol–water partition coefficient (Wildman–Crippen LogP) is 4.15. The average molecular weight is 378 g/mol. The Balaban J connectivity index is 1.90. The summed E-state index contributed by atoms with van der Waals surface area (Å²) in [7, 11) is 1.60. The Morgan fingerprint density at radius 1 is 1.16 bits per heavy atom. The van der Waals surface area contributed by atoms with E-state index in [0.29, 0.717) is 17.1 Å². The summed E-state index contributed by atoms with van der Waals surface area (Å²) in [4.78, 5) is 14.9. The second-order valence-electron chi connectivity index (χ2n) is 4.99.